The van der Waals surface area contributed by atoms with Gasteiger partial charge in [-0.25, -0.2) is 0 Å². The maximum Gasteiger partial charge on any atom is 0.267 e. The quantitative estimate of drug-likeness (QED) is 0.428. The molecule has 6 heteroatoms. The van der Waals surface area contributed by atoms with E-state index in [0.717, 1.165) is 0 Å². The summed E-state index contributed by atoms with van der Waals surface area (Å²) in [5, 5.41) is 21.9. The van der Waals surface area contributed by atoms with Crippen LogP contribution in [0.5, 0.6) is 0 Å². The van der Waals surface area contributed by atoms with E-state index >= 15 is 0 Å². The lowest BCUT2D eigenvalue weighted by molar-refractivity contribution is -0.777. The molecule has 0 aliphatic carbocycles. The molecular formula is C10H11N4S2+. The van der Waals surface area contributed by atoms with Gasteiger partial charge in [-0.1, -0.05) is 5.10 Å². The molecule has 0 saturated carbocycles. The predicted molar refractivity (Wildman–Crippen MR) is 68.3 cm³/mol. The van der Waals surface area contributed by atoms with Gasteiger partial charge in [0.2, 0.25) is 6.54 Å². The van der Waals surface area contributed by atoms with Crippen molar-refractivity contribution in [2.45, 2.75) is 18.6 Å². The van der Waals surface area contributed by atoms with Crippen molar-refractivity contribution < 1.29 is 4.59 Å². The Labute approximate surface area is 104 Å². The first-order chi connectivity index (χ1) is 7.46. The van der Waals surface area contributed by atoms with E-state index in [1.165, 1.54) is 11.8 Å². The molecule has 0 spiro atoms. The van der Waals surface area contributed by atoms with Crippen molar-refractivity contribution in [3.63, 3.8) is 0 Å². The minimum Gasteiger partial charge on any atom is -0.197 e. The minimum atomic E-state index is -0.607. The van der Waals surface area contributed by atoms with E-state index in [-0.39, 0.29) is 11.1 Å². The Balaban J connectivity index is 2.88. The Morgan fingerprint density at radius 3 is 2.69 bits per heavy atom. The maximum atomic E-state index is 8.94. The van der Waals surface area contributed by atoms with Crippen molar-refractivity contribution in [3.8, 4) is 12.1 Å². The summed E-state index contributed by atoms with van der Waals surface area (Å²) in [6.07, 6.45) is 5.12. The molecule has 0 N–H and O–H groups in total. The molecule has 0 amide bonds. The zero-order chi connectivity index (χ0) is 12.2. The highest BCUT2D eigenvalue weighted by Gasteiger charge is 2.38. The first-order valence-corrected chi connectivity index (χ1v) is 5.81. The second kappa shape index (κ2) is 4.75. The molecule has 4 nitrogen and oxygen atoms in total. The molecule has 1 aliphatic heterocycles. The molecule has 1 rings (SSSR count). The van der Waals surface area contributed by atoms with Gasteiger partial charge >= 0.3 is 0 Å². The van der Waals surface area contributed by atoms with Gasteiger partial charge in [0, 0.05) is 6.08 Å². The fourth-order valence-corrected chi connectivity index (χ4v) is 2.68. The third kappa shape index (κ3) is 2.67. The number of quaternary nitrogens is 1. The van der Waals surface area contributed by atoms with Gasteiger partial charge in [0.25, 0.3) is 4.32 Å². The third-order valence-corrected chi connectivity index (χ3v) is 3.59. The highest BCUT2D eigenvalue weighted by atomic mass is 32.2. The summed E-state index contributed by atoms with van der Waals surface area (Å²) in [4.78, 5) is 0. The second-order valence-corrected chi connectivity index (χ2v) is 6.00. The summed E-state index contributed by atoms with van der Waals surface area (Å²) in [6, 6.07) is 4.22. The van der Waals surface area contributed by atoms with Crippen molar-refractivity contribution in [1.82, 2.24) is 0 Å². The van der Waals surface area contributed by atoms with Crippen LogP contribution >= 0.6 is 24.0 Å². The van der Waals surface area contributed by atoms with Gasteiger partial charge in [-0.15, -0.1) is 4.59 Å². The van der Waals surface area contributed by atoms with Crippen LogP contribution in [0.4, 0.5) is 0 Å². The molecule has 0 aromatic rings. The number of nitriles is 2. The van der Waals surface area contributed by atoms with E-state index in [0.29, 0.717) is 4.32 Å². The summed E-state index contributed by atoms with van der Waals surface area (Å²) in [6.45, 7) is 3.73. The molecule has 0 bridgehead atoms. The SMILES string of the molecule is CC(C)(C#N)SC(=S)[N+]1(CC#N)C=CC=N1. The number of rotatable bonds is 2. The van der Waals surface area contributed by atoms with E-state index in [4.69, 9.17) is 22.7 Å². The van der Waals surface area contributed by atoms with Gasteiger partial charge in [0.15, 0.2) is 0 Å². The first kappa shape index (κ1) is 12.9. The van der Waals surface area contributed by atoms with Crippen LogP contribution in [-0.2, 0) is 0 Å². The lowest BCUT2D eigenvalue weighted by Gasteiger charge is -2.24. The molecule has 0 aromatic heterocycles. The predicted octanol–water partition coefficient (Wildman–Crippen LogP) is 2.16. The molecule has 0 saturated heterocycles. The largest absolute Gasteiger partial charge is 0.267 e. The lowest BCUT2D eigenvalue weighted by atomic mass is 10.2. The Morgan fingerprint density at radius 2 is 2.25 bits per heavy atom. The van der Waals surface area contributed by atoms with E-state index in [9.17, 15) is 0 Å². The summed E-state index contributed by atoms with van der Waals surface area (Å²) in [7, 11) is 0. The van der Waals surface area contributed by atoms with Gasteiger partial charge in [0.05, 0.1) is 12.3 Å². The van der Waals surface area contributed by atoms with Gasteiger partial charge in [-0.3, -0.25) is 0 Å². The standard InChI is InChI=1S/C10H11N4S2/c1-10(2,8-12)16-9(15)14(7-4-11)6-3-5-13-14/h3,5-6H,7H2,1-2H3/q+1. The van der Waals surface area contributed by atoms with Crippen LogP contribution in [0.1, 0.15) is 13.8 Å². The first-order valence-electron chi connectivity index (χ1n) is 4.59. The number of hydrogen-bond acceptors (Lipinski definition) is 5. The van der Waals surface area contributed by atoms with Crippen molar-refractivity contribution in [3.05, 3.63) is 12.3 Å². The van der Waals surface area contributed by atoms with E-state index in [2.05, 4.69) is 17.2 Å². The topological polar surface area (TPSA) is 59.9 Å². The lowest BCUT2D eigenvalue weighted by Crippen LogP contribution is -2.41. The Morgan fingerprint density at radius 1 is 1.56 bits per heavy atom. The molecule has 82 valence electrons. The monoisotopic (exact) mass is 251 g/mol. The molecule has 1 unspecified atom stereocenters. The summed E-state index contributed by atoms with van der Waals surface area (Å²) >= 11 is 6.54. The summed E-state index contributed by atoms with van der Waals surface area (Å²) < 4.78 is -0.108. The van der Waals surface area contributed by atoms with Crippen molar-refractivity contribution >= 4 is 34.5 Å². The molecule has 16 heavy (non-hydrogen) atoms. The molecule has 0 aromatic carbocycles. The number of hydrogen-bond donors (Lipinski definition) is 0. The molecule has 1 atom stereocenters. The Bertz CT molecular complexity index is 425. The zero-order valence-electron chi connectivity index (χ0n) is 9.04. The number of nitrogens with zero attached hydrogens (tertiary/aromatic N) is 4. The van der Waals surface area contributed by atoms with Gasteiger partial charge < -0.3 is 0 Å². The van der Waals surface area contributed by atoms with Crippen LogP contribution in [-0.4, -0.2) is 26.4 Å². The highest BCUT2D eigenvalue weighted by molar-refractivity contribution is 8.23. The van der Waals surface area contributed by atoms with Crippen molar-refractivity contribution in [1.29, 1.82) is 10.5 Å². The number of thiocarbonyl (C=S) groups is 1. The normalized spacial score (nSPS) is 22.8. The van der Waals surface area contributed by atoms with E-state index in [1.807, 2.05) is 0 Å². The average Bonchev–Trinajstić information content (AvgIpc) is 2.68. The minimum absolute atomic E-state index is 0.0123. The average molecular weight is 251 g/mol. The van der Waals surface area contributed by atoms with E-state index < -0.39 is 4.75 Å². The second-order valence-electron chi connectivity index (χ2n) is 3.74. The fraction of sp³-hybridized carbons (Fsp3) is 0.400. The number of thioether (sulfide) groups is 1. The van der Waals surface area contributed by atoms with Crippen LogP contribution in [0.15, 0.2) is 17.4 Å². The van der Waals surface area contributed by atoms with Crippen LogP contribution in [0.2, 0.25) is 0 Å². The fourth-order valence-electron chi connectivity index (χ4n) is 1.07. The molecule has 1 heterocycles. The molecule has 1 aliphatic rings. The van der Waals surface area contributed by atoms with Crippen LogP contribution < -0.4 is 0 Å². The smallest absolute Gasteiger partial charge is 0.197 e. The van der Waals surface area contributed by atoms with E-state index in [1.54, 1.807) is 32.3 Å². The van der Waals surface area contributed by atoms with Crippen molar-refractivity contribution in [2.75, 3.05) is 6.54 Å². The van der Waals surface area contributed by atoms with Gasteiger partial charge in [-0.05, 0) is 37.8 Å². The highest BCUT2D eigenvalue weighted by Crippen LogP contribution is 2.31. The van der Waals surface area contributed by atoms with Gasteiger partial charge in [0.1, 0.15) is 17.0 Å². The molecule has 0 radical (unpaired) electrons. The van der Waals surface area contributed by atoms with Crippen LogP contribution in [0.3, 0.4) is 0 Å². The zero-order valence-corrected chi connectivity index (χ0v) is 10.7. The molecular weight excluding hydrogens is 240 g/mol. The maximum absolute atomic E-state index is 8.94. The van der Waals surface area contributed by atoms with Crippen LogP contribution in [0, 0.1) is 22.7 Å². The Hall–Kier alpha value is -1.21. The molecule has 0 fully saturated rings. The summed E-state index contributed by atoms with van der Waals surface area (Å²) in [5.41, 5.74) is 0. The summed E-state index contributed by atoms with van der Waals surface area (Å²) in [5.74, 6) is 0. The Kier molecular flexibility index (Phi) is 3.82. The third-order valence-electron chi connectivity index (χ3n) is 1.93. The van der Waals surface area contributed by atoms with Crippen molar-refractivity contribution in [2.24, 2.45) is 5.10 Å². The van der Waals surface area contributed by atoms with Crippen LogP contribution in [0.25, 0.3) is 0 Å². The van der Waals surface area contributed by atoms with Gasteiger partial charge in [-0.2, -0.15) is 10.5 Å². The number of allylic oxidation sites excluding steroid dienone is 1.